The third-order valence-corrected chi connectivity index (χ3v) is 3.62. The summed E-state index contributed by atoms with van der Waals surface area (Å²) < 4.78 is 19.5. The lowest BCUT2D eigenvalue weighted by Crippen LogP contribution is -2.03. The molecule has 1 N–H and O–H groups in total. The molecule has 4 heteroatoms. The van der Waals surface area contributed by atoms with Crippen LogP contribution >= 0.6 is 15.9 Å². The molecule has 0 bridgehead atoms. The van der Waals surface area contributed by atoms with Crippen LogP contribution in [-0.2, 0) is 0 Å². The summed E-state index contributed by atoms with van der Waals surface area (Å²) in [5, 5.41) is 10.3. The van der Waals surface area contributed by atoms with Gasteiger partial charge in [0.1, 0.15) is 17.7 Å². The normalized spacial score (nSPS) is 12.3. The van der Waals surface area contributed by atoms with E-state index in [-0.39, 0.29) is 5.56 Å². The number of rotatable bonds is 3. The maximum atomic E-state index is 14.0. The maximum absolute atomic E-state index is 14.0. The van der Waals surface area contributed by atoms with Crippen molar-refractivity contribution in [2.45, 2.75) is 13.0 Å². The van der Waals surface area contributed by atoms with E-state index < -0.39 is 11.9 Å². The summed E-state index contributed by atoms with van der Waals surface area (Å²) in [6.45, 7) is 1.88. The highest BCUT2D eigenvalue weighted by molar-refractivity contribution is 9.10. The Balaban J connectivity index is 2.41. The van der Waals surface area contributed by atoms with E-state index in [9.17, 15) is 9.50 Å². The van der Waals surface area contributed by atoms with E-state index in [2.05, 4.69) is 15.9 Å². The SMILES string of the molecule is COc1ccc(C(O)c2cccc(Br)c2F)cc1C. The number of hydrogen-bond acceptors (Lipinski definition) is 2. The van der Waals surface area contributed by atoms with Crippen LogP contribution in [0.15, 0.2) is 40.9 Å². The fourth-order valence-corrected chi connectivity index (χ4v) is 2.36. The first-order valence-electron chi connectivity index (χ1n) is 5.81. The Kier molecular flexibility index (Phi) is 4.22. The second kappa shape index (κ2) is 5.72. The van der Waals surface area contributed by atoms with E-state index in [0.29, 0.717) is 10.0 Å². The monoisotopic (exact) mass is 324 g/mol. The Hall–Kier alpha value is -1.39. The average Bonchev–Trinajstić information content (AvgIpc) is 2.41. The molecule has 2 aromatic rings. The van der Waals surface area contributed by atoms with Crippen LogP contribution in [0.1, 0.15) is 22.8 Å². The number of aliphatic hydroxyl groups excluding tert-OH is 1. The highest BCUT2D eigenvalue weighted by Gasteiger charge is 2.17. The molecule has 2 nitrogen and oxygen atoms in total. The minimum absolute atomic E-state index is 0.249. The van der Waals surface area contributed by atoms with Crippen LogP contribution in [0.2, 0.25) is 0 Å². The quantitative estimate of drug-likeness (QED) is 0.925. The smallest absolute Gasteiger partial charge is 0.143 e. The van der Waals surface area contributed by atoms with E-state index in [4.69, 9.17) is 4.74 Å². The lowest BCUT2D eigenvalue weighted by molar-refractivity contribution is 0.214. The van der Waals surface area contributed by atoms with E-state index in [0.717, 1.165) is 11.3 Å². The van der Waals surface area contributed by atoms with Crippen molar-refractivity contribution in [2.24, 2.45) is 0 Å². The van der Waals surface area contributed by atoms with Gasteiger partial charge in [-0.25, -0.2) is 4.39 Å². The summed E-state index contributed by atoms with van der Waals surface area (Å²) in [6, 6.07) is 10.2. The number of aryl methyl sites for hydroxylation is 1. The number of aliphatic hydroxyl groups is 1. The van der Waals surface area contributed by atoms with Crippen molar-refractivity contribution in [1.29, 1.82) is 0 Å². The average molecular weight is 325 g/mol. The molecule has 0 amide bonds. The number of benzene rings is 2. The van der Waals surface area contributed by atoms with Gasteiger partial charge in [-0.3, -0.25) is 0 Å². The molecule has 0 aromatic heterocycles. The molecule has 0 aliphatic heterocycles. The molecule has 0 saturated heterocycles. The van der Waals surface area contributed by atoms with Gasteiger partial charge in [0.25, 0.3) is 0 Å². The summed E-state index contributed by atoms with van der Waals surface area (Å²) in [7, 11) is 1.59. The van der Waals surface area contributed by atoms with E-state index in [1.54, 1.807) is 43.5 Å². The van der Waals surface area contributed by atoms with Crippen LogP contribution in [-0.4, -0.2) is 12.2 Å². The molecule has 0 aliphatic rings. The van der Waals surface area contributed by atoms with E-state index in [1.807, 2.05) is 6.92 Å². The third-order valence-electron chi connectivity index (χ3n) is 3.01. The van der Waals surface area contributed by atoms with E-state index in [1.165, 1.54) is 0 Å². The number of hydrogen-bond donors (Lipinski definition) is 1. The van der Waals surface area contributed by atoms with Crippen molar-refractivity contribution in [1.82, 2.24) is 0 Å². The standard InChI is InChI=1S/C15H14BrFO2/c1-9-8-10(6-7-13(9)19-2)15(18)11-4-3-5-12(16)14(11)17/h3-8,15,18H,1-2H3. The van der Waals surface area contributed by atoms with Crippen molar-refractivity contribution in [2.75, 3.05) is 7.11 Å². The molecule has 2 aromatic carbocycles. The van der Waals surface area contributed by atoms with Crippen molar-refractivity contribution < 1.29 is 14.2 Å². The molecule has 1 atom stereocenters. The number of halogens is 2. The third kappa shape index (κ3) is 2.80. The minimum atomic E-state index is -0.998. The van der Waals surface area contributed by atoms with Gasteiger partial charge in [-0.2, -0.15) is 0 Å². The van der Waals surface area contributed by atoms with Gasteiger partial charge in [-0.05, 0) is 52.2 Å². The summed E-state index contributed by atoms with van der Waals surface area (Å²) >= 11 is 3.12. The van der Waals surface area contributed by atoms with Gasteiger partial charge in [0.05, 0.1) is 11.6 Å². The van der Waals surface area contributed by atoms with Crippen molar-refractivity contribution in [3.05, 3.63) is 63.4 Å². The maximum Gasteiger partial charge on any atom is 0.143 e. The Bertz CT molecular complexity index is 599. The molecule has 100 valence electrons. The second-order valence-corrected chi connectivity index (χ2v) is 5.13. The summed E-state index contributed by atoms with van der Waals surface area (Å²) in [6.07, 6.45) is -0.998. The molecule has 19 heavy (non-hydrogen) atoms. The number of ether oxygens (including phenoxy) is 1. The number of methoxy groups -OCH3 is 1. The van der Waals surface area contributed by atoms with Gasteiger partial charge in [0.15, 0.2) is 0 Å². The van der Waals surface area contributed by atoms with Crippen LogP contribution in [0.5, 0.6) is 5.75 Å². The zero-order valence-electron chi connectivity index (χ0n) is 10.7. The first-order chi connectivity index (χ1) is 9.04. The Labute approximate surface area is 120 Å². The first kappa shape index (κ1) is 14.0. The topological polar surface area (TPSA) is 29.5 Å². The predicted octanol–water partition coefficient (Wildman–Crippen LogP) is 3.99. The lowest BCUT2D eigenvalue weighted by Gasteiger charge is -2.15. The van der Waals surface area contributed by atoms with Crippen LogP contribution in [0.3, 0.4) is 0 Å². The molecule has 0 radical (unpaired) electrons. The fourth-order valence-electron chi connectivity index (χ4n) is 1.98. The zero-order chi connectivity index (χ0) is 14.0. The van der Waals surface area contributed by atoms with Crippen molar-refractivity contribution in [3.63, 3.8) is 0 Å². The van der Waals surface area contributed by atoms with Gasteiger partial charge in [-0.1, -0.05) is 18.2 Å². The lowest BCUT2D eigenvalue weighted by atomic mass is 9.99. The second-order valence-electron chi connectivity index (χ2n) is 4.27. The van der Waals surface area contributed by atoms with Crippen LogP contribution in [0.25, 0.3) is 0 Å². The van der Waals surface area contributed by atoms with Gasteiger partial charge < -0.3 is 9.84 Å². The Morgan fingerprint density at radius 2 is 2.00 bits per heavy atom. The molecular formula is C15H14BrFO2. The zero-order valence-corrected chi connectivity index (χ0v) is 12.2. The van der Waals surface area contributed by atoms with Crippen molar-refractivity contribution in [3.8, 4) is 5.75 Å². The Morgan fingerprint density at radius 3 is 2.63 bits per heavy atom. The fraction of sp³-hybridized carbons (Fsp3) is 0.200. The molecule has 0 saturated carbocycles. The van der Waals surface area contributed by atoms with Gasteiger partial charge in [0, 0.05) is 5.56 Å². The molecule has 1 unspecified atom stereocenters. The summed E-state index contributed by atoms with van der Waals surface area (Å²) in [4.78, 5) is 0. The minimum Gasteiger partial charge on any atom is -0.496 e. The van der Waals surface area contributed by atoms with Crippen LogP contribution in [0.4, 0.5) is 4.39 Å². The Morgan fingerprint density at radius 1 is 1.26 bits per heavy atom. The molecule has 0 aliphatic carbocycles. The molecule has 0 heterocycles. The van der Waals surface area contributed by atoms with Gasteiger partial charge >= 0.3 is 0 Å². The van der Waals surface area contributed by atoms with Crippen LogP contribution < -0.4 is 4.74 Å². The van der Waals surface area contributed by atoms with Crippen LogP contribution in [0, 0.1) is 12.7 Å². The first-order valence-corrected chi connectivity index (χ1v) is 6.60. The molecule has 0 fully saturated rings. The summed E-state index contributed by atoms with van der Waals surface area (Å²) in [5.41, 5.74) is 1.78. The summed E-state index contributed by atoms with van der Waals surface area (Å²) in [5.74, 6) is 0.300. The largest absolute Gasteiger partial charge is 0.496 e. The predicted molar refractivity (Wildman–Crippen MR) is 75.9 cm³/mol. The highest BCUT2D eigenvalue weighted by Crippen LogP contribution is 2.30. The van der Waals surface area contributed by atoms with Gasteiger partial charge in [0.2, 0.25) is 0 Å². The molecule has 0 spiro atoms. The molecule has 2 rings (SSSR count). The highest BCUT2D eigenvalue weighted by atomic mass is 79.9. The van der Waals surface area contributed by atoms with Gasteiger partial charge in [-0.15, -0.1) is 0 Å². The van der Waals surface area contributed by atoms with E-state index >= 15 is 0 Å². The molecular weight excluding hydrogens is 311 g/mol. The van der Waals surface area contributed by atoms with Crippen molar-refractivity contribution >= 4 is 15.9 Å².